The smallest absolute Gasteiger partial charge is 0.297 e. The number of primary sulfonamides is 1. The van der Waals surface area contributed by atoms with Crippen molar-refractivity contribution < 1.29 is 22.0 Å². The van der Waals surface area contributed by atoms with Crippen molar-refractivity contribution in [1.29, 1.82) is 5.26 Å². The normalized spacial score (nSPS) is 11.6. The second kappa shape index (κ2) is 10.0. The van der Waals surface area contributed by atoms with E-state index < -0.39 is 28.2 Å². The van der Waals surface area contributed by atoms with E-state index in [9.17, 15) is 27.3 Å². The van der Waals surface area contributed by atoms with Crippen molar-refractivity contribution >= 4 is 44.2 Å². The zero-order chi connectivity index (χ0) is 26.0. The fourth-order valence-electron chi connectivity index (χ4n) is 3.60. The standard InChI is InChI=1S/C23H18F2N6O3S2/c1-13-10-15(36(27,33)34)8-9-18(13)28-20(32)12-35-23-30-29-22(21(24)25)31(23)19-7-3-5-16-14(11-26)4-2-6-17(16)19/h2-10,21H,12H2,1H3,(H,28,32)(H2,27,33,34). The van der Waals surface area contributed by atoms with E-state index in [4.69, 9.17) is 5.14 Å². The van der Waals surface area contributed by atoms with Crippen molar-refractivity contribution in [3.8, 4) is 11.8 Å². The maximum Gasteiger partial charge on any atom is 0.297 e. The van der Waals surface area contributed by atoms with Crippen LogP contribution >= 0.6 is 11.8 Å². The number of sulfonamides is 1. The first kappa shape index (κ1) is 25.2. The molecule has 0 bridgehead atoms. The molecule has 13 heteroatoms. The fraction of sp³-hybridized carbons (Fsp3) is 0.130. The summed E-state index contributed by atoms with van der Waals surface area (Å²) in [5, 5.41) is 25.9. The number of hydrogen-bond acceptors (Lipinski definition) is 7. The fourth-order valence-corrected chi connectivity index (χ4v) is 4.95. The number of aryl methyl sites for hydroxylation is 1. The Morgan fingerprint density at radius 1 is 1.17 bits per heavy atom. The van der Waals surface area contributed by atoms with Gasteiger partial charge in [0.25, 0.3) is 6.43 Å². The summed E-state index contributed by atoms with van der Waals surface area (Å²) in [6, 6.07) is 16.1. The number of benzene rings is 3. The maximum absolute atomic E-state index is 13.8. The van der Waals surface area contributed by atoms with Gasteiger partial charge < -0.3 is 5.32 Å². The van der Waals surface area contributed by atoms with Crippen molar-refractivity contribution in [2.24, 2.45) is 5.14 Å². The number of nitrogens with two attached hydrogens (primary N) is 1. The monoisotopic (exact) mass is 528 g/mol. The Morgan fingerprint density at radius 3 is 2.56 bits per heavy atom. The van der Waals surface area contributed by atoms with Crippen molar-refractivity contribution in [3.05, 3.63) is 71.5 Å². The van der Waals surface area contributed by atoms with Crippen molar-refractivity contribution in [2.75, 3.05) is 11.1 Å². The van der Waals surface area contributed by atoms with E-state index in [0.29, 0.717) is 33.3 Å². The summed E-state index contributed by atoms with van der Waals surface area (Å²) in [6.07, 6.45) is -2.94. The topological polar surface area (TPSA) is 144 Å². The number of thioether (sulfide) groups is 1. The van der Waals surface area contributed by atoms with Gasteiger partial charge in [-0.1, -0.05) is 36.0 Å². The first-order valence-electron chi connectivity index (χ1n) is 10.3. The maximum atomic E-state index is 13.8. The van der Waals surface area contributed by atoms with Crippen LogP contribution in [0, 0.1) is 18.3 Å². The Kier molecular flexibility index (Phi) is 7.02. The highest BCUT2D eigenvalue weighted by molar-refractivity contribution is 7.99. The van der Waals surface area contributed by atoms with Gasteiger partial charge in [0.15, 0.2) is 5.16 Å². The Labute approximate surface area is 209 Å². The SMILES string of the molecule is Cc1cc(S(N)(=O)=O)ccc1NC(=O)CSc1nnc(C(F)F)n1-c1cccc2c(C#N)cccc12. The third-order valence-electron chi connectivity index (χ3n) is 5.25. The molecule has 3 aromatic carbocycles. The highest BCUT2D eigenvalue weighted by Gasteiger charge is 2.24. The first-order chi connectivity index (χ1) is 17.1. The number of nitriles is 1. The van der Waals surface area contributed by atoms with Crippen LogP contribution in [-0.4, -0.2) is 34.8 Å². The highest BCUT2D eigenvalue weighted by Crippen LogP contribution is 2.32. The summed E-state index contributed by atoms with van der Waals surface area (Å²) in [5.74, 6) is -1.25. The molecule has 0 saturated carbocycles. The van der Waals surface area contributed by atoms with Gasteiger partial charge in [0.05, 0.1) is 28.0 Å². The minimum Gasteiger partial charge on any atom is -0.325 e. The largest absolute Gasteiger partial charge is 0.325 e. The third kappa shape index (κ3) is 5.06. The second-order valence-corrected chi connectivity index (χ2v) is 10.1. The van der Waals surface area contributed by atoms with Crippen molar-refractivity contribution in [1.82, 2.24) is 14.8 Å². The zero-order valence-corrected chi connectivity index (χ0v) is 20.3. The molecule has 0 aliphatic heterocycles. The molecule has 0 saturated heterocycles. The molecule has 0 aliphatic rings. The highest BCUT2D eigenvalue weighted by atomic mass is 32.2. The van der Waals surface area contributed by atoms with E-state index in [1.54, 1.807) is 43.3 Å². The van der Waals surface area contributed by atoms with Crippen LogP contribution in [0.5, 0.6) is 0 Å². The lowest BCUT2D eigenvalue weighted by molar-refractivity contribution is -0.113. The number of amides is 1. The lowest BCUT2D eigenvalue weighted by atomic mass is 10.0. The summed E-state index contributed by atoms with van der Waals surface area (Å²) < 4.78 is 51.8. The Bertz CT molecular complexity index is 1630. The van der Waals surface area contributed by atoms with E-state index in [1.807, 2.05) is 0 Å². The summed E-state index contributed by atoms with van der Waals surface area (Å²) in [7, 11) is -3.89. The molecule has 36 heavy (non-hydrogen) atoms. The summed E-state index contributed by atoms with van der Waals surface area (Å²) >= 11 is 0.902. The van der Waals surface area contributed by atoms with Gasteiger partial charge in [-0.05, 0) is 42.8 Å². The molecule has 1 aromatic heterocycles. The van der Waals surface area contributed by atoms with E-state index in [2.05, 4.69) is 21.6 Å². The molecular formula is C23H18F2N6O3S2. The number of carbonyl (C=O) groups excluding carboxylic acids is 1. The van der Waals surface area contributed by atoms with Crippen molar-refractivity contribution in [3.63, 3.8) is 0 Å². The van der Waals surface area contributed by atoms with E-state index in [1.165, 1.54) is 22.8 Å². The van der Waals surface area contributed by atoms with Crippen LogP contribution in [0.25, 0.3) is 16.5 Å². The molecular weight excluding hydrogens is 510 g/mol. The number of carbonyl (C=O) groups is 1. The molecule has 0 fully saturated rings. The first-order valence-corrected chi connectivity index (χ1v) is 12.8. The van der Waals surface area contributed by atoms with Gasteiger partial charge in [-0.2, -0.15) is 5.26 Å². The van der Waals surface area contributed by atoms with E-state index in [0.717, 1.165) is 11.8 Å². The number of alkyl halides is 2. The third-order valence-corrected chi connectivity index (χ3v) is 7.09. The van der Waals surface area contributed by atoms with Gasteiger partial charge in [-0.3, -0.25) is 9.36 Å². The van der Waals surface area contributed by atoms with Crippen LogP contribution in [0.15, 0.2) is 64.6 Å². The van der Waals surface area contributed by atoms with Crippen LogP contribution in [0.2, 0.25) is 0 Å². The number of aromatic nitrogens is 3. The molecule has 184 valence electrons. The van der Waals surface area contributed by atoms with Crippen LogP contribution in [0.1, 0.15) is 23.4 Å². The molecule has 0 unspecified atom stereocenters. The lowest BCUT2D eigenvalue weighted by Crippen LogP contribution is -2.16. The zero-order valence-electron chi connectivity index (χ0n) is 18.6. The summed E-state index contributed by atoms with van der Waals surface area (Å²) in [4.78, 5) is 12.5. The van der Waals surface area contributed by atoms with Gasteiger partial charge in [-0.25, -0.2) is 22.3 Å². The van der Waals surface area contributed by atoms with Gasteiger partial charge in [0, 0.05) is 16.5 Å². The van der Waals surface area contributed by atoms with Crippen LogP contribution in [0.4, 0.5) is 14.5 Å². The minimum atomic E-state index is -3.89. The lowest BCUT2D eigenvalue weighted by Gasteiger charge is -2.13. The molecule has 4 aromatic rings. The number of nitrogens with one attached hydrogen (secondary N) is 1. The predicted octanol–water partition coefficient (Wildman–Crippen LogP) is 3.92. The Morgan fingerprint density at radius 2 is 1.89 bits per heavy atom. The van der Waals surface area contributed by atoms with Crippen LogP contribution in [-0.2, 0) is 14.8 Å². The molecule has 0 aliphatic carbocycles. The Balaban J connectivity index is 1.62. The number of fused-ring (bicyclic) bond motifs is 1. The van der Waals surface area contributed by atoms with E-state index >= 15 is 0 Å². The minimum absolute atomic E-state index is 0.0663. The molecule has 0 spiro atoms. The average molecular weight is 529 g/mol. The number of halogens is 2. The van der Waals surface area contributed by atoms with Crippen LogP contribution < -0.4 is 10.5 Å². The molecule has 9 nitrogen and oxygen atoms in total. The molecule has 1 amide bonds. The number of hydrogen-bond donors (Lipinski definition) is 2. The summed E-state index contributed by atoms with van der Waals surface area (Å²) in [6.45, 7) is 1.61. The molecule has 1 heterocycles. The van der Waals surface area contributed by atoms with Gasteiger partial charge in [0.2, 0.25) is 21.8 Å². The quantitative estimate of drug-likeness (QED) is 0.346. The molecule has 4 rings (SSSR count). The number of rotatable bonds is 7. The van der Waals surface area contributed by atoms with Gasteiger partial charge in [-0.15, -0.1) is 10.2 Å². The molecule has 0 radical (unpaired) electrons. The molecule has 3 N–H and O–H groups in total. The molecule has 0 atom stereocenters. The Hall–Kier alpha value is -3.86. The van der Waals surface area contributed by atoms with Crippen molar-refractivity contribution in [2.45, 2.75) is 23.4 Å². The summed E-state index contributed by atoms with van der Waals surface area (Å²) in [5.41, 5.74) is 1.59. The van der Waals surface area contributed by atoms with Gasteiger partial charge >= 0.3 is 0 Å². The van der Waals surface area contributed by atoms with E-state index in [-0.39, 0.29) is 15.8 Å². The average Bonchev–Trinajstić information content (AvgIpc) is 3.26. The number of anilines is 1. The number of nitrogens with zero attached hydrogens (tertiary/aromatic N) is 4. The van der Waals surface area contributed by atoms with Gasteiger partial charge in [0.1, 0.15) is 0 Å². The predicted molar refractivity (Wildman–Crippen MR) is 130 cm³/mol. The second-order valence-electron chi connectivity index (χ2n) is 7.63. The van der Waals surface area contributed by atoms with Crippen LogP contribution in [0.3, 0.4) is 0 Å².